The van der Waals surface area contributed by atoms with Crippen LogP contribution >= 0.6 is 0 Å². The van der Waals surface area contributed by atoms with Gasteiger partial charge in [-0.1, -0.05) is 18.2 Å². The van der Waals surface area contributed by atoms with Gasteiger partial charge in [-0.05, 0) is 83.3 Å². The van der Waals surface area contributed by atoms with Crippen LogP contribution in [0.15, 0.2) is 64.4 Å². The van der Waals surface area contributed by atoms with Crippen LogP contribution in [-0.4, -0.2) is 62.5 Å². The molecular weight excluding hydrogens is 498 g/mol. The molecule has 9 heteroatoms. The van der Waals surface area contributed by atoms with Crippen molar-refractivity contribution in [1.82, 2.24) is 19.4 Å². The summed E-state index contributed by atoms with van der Waals surface area (Å²) < 4.78 is 20.1. The van der Waals surface area contributed by atoms with Crippen LogP contribution in [0.4, 0.5) is 11.6 Å². The predicted molar refractivity (Wildman–Crippen MR) is 155 cm³/mol. The Kier molecular flexibility index (Phi) is 7.09. The first-order valence-electron chi connectivity index (χ1n) is 12.6. The molecule has 1 aliphatic rings. The van der Waals surface area contributed by atoms with Crippen molar-refractivity contribution >= 4 is 38.1 Å². The van der Waals surface area contributed by atoms with Gasteiger partial charge in [-0.3, -0.25) is 13.6 Å². The predicted octanol–water partition coefficient (Wildman–Crippen LogP) is 4.24. The maximum Gasteiger partial charge on any atom is 0.260 e. The molecule has 0 bridgehead atoms. The van der Waals surface area contributed by atoms with E-state index in [1.54, 1.807) is 17.0 Å². The highest BCUT2D eigenvalue weighted by molar-refractivity contribution is 7.99. The molecule has 1 saturated heterocycles. The molecule has 5 rings (SSSR count). The van der Waals surface area contributed by atoms with Gasteiger partial charge in [-0.25, -0.2) is 4.98 Å². The second-order valence-electron chi connectivity index (χ2n) is 9.93. The number of ether oxygens (including phenoxy) is 1. The van der Waals surface area contributed by atoms with Crippen molar-refractivity contribution in [3.05, 3.63) is 76.2 Å². The topological polar surface area (TPSA) is 89.3 Å². The van der Waals surface area contributed by atoms with Crippen LogP contribution in [-0.2, 0) is 20.8 Å². The summed E-state index contributed by atoms with van der Waals surface area (Å²) in [6.45, 7) is 6.85. The molecule has 8 nitrogen and oxygen atoms in total. The minimum absolute atomic E-state index is 0.0645. The summed E-state index contributed by atoms with van der Waals surface area (Å²) in [6.07, 6.45) is 3.39. The summed E-state index contributed by atoms with van der Waals surface area (Å²) in [6, 6.07) is 15.4. The Hall–Kier alpha value is -3.53. The second-order valence-corrected chi connectivity index (χ2v) is 12.4. The Morgan fingerprint density at radius 3 is 2.61 bits per heavy atom. The summed E-state index contributed by atoms with van der Waals surface area (Å²) >= 11 is 0. The molecule has 1 aliphatic heterocycles. The first-order chi connectivity index (χ1) is 18.1. The van der Waals surface area contributed by atoms with E-state index in [1.807, 2.05) is 50.2 Å². The van der Waals surface area contributed by atoms with Crippen LogP contribution < -0.4 is 10.9 Å². The highest BCUT2D eigenvalue weighted by Crippen LogP contribution is 2.28. The van der Waals surface area contributed by atoms with Gasteiger partial charge in [0, 0.05) is 53.6 Å². The van der Waals surface area contributed by atoms with Crippen molar-refractivity contribution in [1.29, 1.82) is 0 Å². The van der Waals surface area contributed by atoms with Crippen LogP contribution in [0.1, 0.15) is 24.2 Å². The molecule has 0 radical (unpaired) electrons. The maximum absolute atomic E-state index is 13.6. The van der Waals surface area contributed by atoms with Crippen LogP contribution in [0, 0.1) is 6.92 Å². The number of morpholine rings is 1. The van der Waals surface area contributed by atoms with Crippen molar-refractivity contribution in [2.75, 3.05) is 38.3 Å². The summed E-state index contributed by atoms with van der Waals surface area (Å²) in [5.41, 5.74) is 4.57. The third-order valence-electron chi connectivity index (χ3n) is 6.95. The molecule has 0 amide bonds. The van der Waals surface area contributed by atoms with Gasteiger partial charge in [0.05, 0.1) is 12.7 Å². The average Bonchev–Trinajstić information content (AvgIpc) is 2.89. The van der Waals surface area contributed by atoms with Gasteiger partial charge in [-0.15, -0.1) is 0 Å². The fourth-order valence-electron chi connectivity index (χ4n) is 4.76. The fourth-order valence-corrected chi connectivity index (χ4v) is 5.48. The van der Waals surface area contributed by atoms with Crippen molar-refractivity contribution in [3.63, 3.8) is 0 Å². The highest BCUT2D eigenvalue weighted by atomic mass is 32.2. The van der Waals surface area contributed by atoms with Crippen LogP contribution in [0.2, 0.25) is 0 Å². The summed E-state index contributed by atoms with van der Waals surface area (Å²) in [5, 5.41) is 4.01. The number of aromatic nitrogens is 3. The Morgan fingerprint density at radius 2 is 1.92 bits per heavy atom. The molecule has 2 unspecified atom stereocenters. The van der Waals surface area contributed by atoms with E-state index in [0.29, 0.717) is 28.6 Å². The van der Waals surface area contributed by atoms with Gasteiger partial charge in [0.15, 0.2) is 0 Å². The molecule has 0 aliphatic carbocycles. The van der Waals surface area contributed by atoms with Gasteiger partial charge >= 0.3 is 0 Å². The SMILES string of the molecule is C=S(C)(=O)c1ccc(C)c(-c2cc3cnc(Nc4ccc(C5CN(C)CCO5)cc4)nc3n(CC)c2=O)c1. The number of hydrogen-bond acceptors (Lipinski definition) is 7. The van der Waals surface area contributed by atoms with Crippen molar-refractivity contribution in [3.8, 4) is 11.1 Å². The molecule has 0 saturated carbocycles. The van der Waals surface area contributed by atoms with Gasteiger partial charge < -0.3 is 15.0 Å². The van der Waals surface area contributed by atoms with Crippen molar-refractivity contribution < 1.29 is 8.95 Å². The molecule has 198 valence electrons. The van der Waals surface area contributed by atoms with E-state index in [2.05, 4.69) is 40.3 Å². The Balaban J connectivity index is 1.48. The number of nitrogens with zero attached hydrogens (tertiary/aromatic N) is 4. The molecule has 1 N–H and O–H groups in total. The number of benzene rings is 2. The lowest BCUT2D eigenvalue weighted by Crippen LogP contribution is -2.35. The van der Waals surface area contributed by atoms with Gasteiger partial charge in [0.25, 0.3) is 5.56 Å². The number of likely N-dealkylation sites (N-methyl/N-ethyl adjacent to an activating group) is 1. The lowest BCUT2D eigenvalue weighted by atomic mass is 10.0. The van der Waals surface area contributed by atoms with Gasteiger partial charge in [-0.2, -0.15) is 4.98 Å². The monoisotopic (exact) mass is 531 g/mol. The minimum Gasteiger partial charge on any atom is -0.371 e. The largest absolute Gasteiger partial charge is 0.371 e. The molecule has 0 spiro atoms. The molecule has 1 fully saturated rings. The van der Waals surface area contributed by atoms with Crippen molar-refractivity contribution in [2.24, 2.45) is 0 Å². The molecular formula is C29H33N5O3S. The van der Waals surface area contributed by atoms with E-state index in [9.17, 15) is 9.00 Å². The zero-order valence-corrected chi connectivity index (χ0v) is 23.0. The first-order valence-corrected chi connectivity index (χ1v) is 14.8. The minimum atomic E-state index is -2.42. The number of anilines is 2. The maximum atomic E-state index is 13.6. The standard InChI is InChI=1S/C29H33N5O3S/c1-6-34-27-21(15-25(28(34)35)24-16-23(38(4,5)36)12-7-19(24)2)17-30-29(32-27)31-22-10-8-20(9-11-22)26-18-33(3)13-14-37-26/h7-12,15-17,26H,4,6,13-14,18H2,1-3,5H3,(H,30,31,32). The van der Waals surface area contributed by atoms with E-state index in [1.165, 1.54) is 0 Å². The zero-order valence-electron chi connectivity index (χ0n) is 22.2. The van der Waals surface area contributed by atoms with E-state index in [0.717, 1.165) is 47.5 Å². The molecule has 4 aromatic rings. The number of aryl methyl sites for hydroxylation is 2. The highest BCUT2D eigenvalue weighted by Gasteiger charge is 2.19. The van der Waals surface area contributed by atoms with Crippen molar-refractivity contribution in [2.45, 2.75) is 31.4 Å². The molecule has 2 atom stereocenters. The Morgan fingerprint density at radius 1 is 1.16 bits per heavy atom. The van der Waals surface area contributed by atoms with Crippen LogP contribution in [0.3, 0.4) is 0 Å². The molecule has 2 aromatic heterocycles. The first kappa shape index (κ1) is 26.1. The molecule has 3 heterocycles. The number of fused-ring (bicyclic) bond motifs is 1. The lowest BCUT2D eigenvalue weighted by Gasteiger charge is -2.30. The van der Waals surface area contributed by atoms with Gasteiger partial charge in [0.1, 0.15) is 5.65 Å². The van der Waals surface area contributed by atoms with E-state index in [4.69, 9.17) is 9.72 Å². The number of hydrogen-bond donors (Lipinski definition) is 1. The number of pyridine rings is 1. The third kappa shape index (κ3) is 5.22. The lowest BCUT2D eigenvalue weighted by molar-refractivity contribution is -0.0208. The summed E-state index contributed by atoms with van der Waals surface area (Å²) in [7, 11) is -0.317. The Labute approximate surface area is 223 Å². The Bertz CT molecular complexity index is 1660. The van der Waals surface area contributed by atoms with Gasteiger partial charge in [0.2, 0.25) is 5.95 Å². The average molecular weight is 532 g/mol. The summed E-state index contributed by atoms with van der Waals surface area (Å²) in [4.78, 5) is 25.7. The smallest absolute Gasteiger partial charge is 0.260 e. The van der Waals surface area contributed by atoms with E-state index in [-0.39, 0.29) is 11.7 Å². The molecule has 2 aromatic carbocycles. The second kappa shape index (κ2) is 10.3. The van der Waals surface area contributed by atoms with Crippen LogP contribution in [0.5, 0.6) is 0 Å². The fraction of sp³-hybridized carbons (Fsp3) is 0.310. The number of nitrogens with one attached hydrogen (secondary N) is 1. The molecule has 38 heavy (non-hydrogen) atoms. The van der Waals surface area contributed by atoms with E-state index < -0.39 is 9.52 Å². The van der Waals surface area contributed by atoms with E-state index >= 15 is 0 Å². The quantitative estimate of drug-likeness (QED) is 0.372. The third-order valence-corrected chi connectivity index (χ3v) is 8.20. The number of rotatable bonds is 6. The van der Waals surface area contributed by atoms with Crippen LogP contribution in [0.25, 0.3) is 22.2 Å². The zero-order chi connectivity index (χ0) is 27.0. The normalized spacial score (nSPS) is 17.8. The summed E-state index contributed by atoms with van der Waals surface area (Å²) in [5.74, 6) is 4.21.